The second kappa shape index (κ2) is 8.05. The van der Waals surface area contributed by atoms with Gasteiger partial charge >= 0.3 is 0 Å². The molecule has 0 radical (unpaired) electrons. The Bertz CT molecular complexity index is 1730. The Balaban J connectivity index is 1.72. The van der Waals surface area contributed by atoms with Crippen LogP contribution in [0.2, 0.25) is 0 Å². The number of nitrogens with zero attached hydrogens (tertiary/aromatic N) is 1. The smallest absolute Gasteiger partial charge is 0.228 e. The normalized spacial score (nSPS) is 13.3. The van der Waals surface area contributed by atoms with Gasteiger partial charge in [-0.05, 0) is 69.3 Å². The fourth-order valence-electron chi connectivity index (χ4n) is 6.27. The molecule has 0 spiro atoms. The zero-order valence-electron chi connectivity index (χ0n) is 23.5. The summed E-state index contributed by atoms with van der Waals surface area (Å²) in [5.74, 6) is 2.00. The van der Waals surface area contributed by atoms with Gasteiger partial charge in [0.1, 0.15) is 18.5 Å². The highest BCUT2D eigenvalue weighted by atomic mass is 16.5. The van der Waals surface area contributed by atoms with E-state index in [0.29, 0.717) is 0 Å². The molecule has 37 heavy (non-hydrogen) atoms. The second-order valence-corrected chi connectivity index (χ2v) is 13.4. The van der Waals surface area contributed by atoms with Crippen LogP contribution in [0.1, 0.15) is 58.2 Å². The second-order valence-electron chi connectivity index (χ2n) is 13.4. The van der Waals surface area contributed by atoms with Crippen molar-refractivity contribution in [3.63, 3.8) is 0 Å². The maximum atomic E-state index is 6.98. The van der Waals surface area contributed by atoms with E-state index in [4.69, 9.17) is 4.74 Å². The van der Waals surface area contributed by atoms with Gasteiger partial charge < -0.3 is 4.74 Å². The monoisotopic (exact) mass is 488 g/mol. The topological polar surface area (TPSA) is 13.1 Å². The minimum atomic E-state index is 0.135. The summed E-state index contributed by atoms with van der Waals surface area (Å²) in [4.78, 5) is 0. The summed E-state index contributed by atoms with van der Waals surface area (Å²) in [5.41, 5.74) is 6.87. The number of rotatable bonds is 2. The van der Waals surface area contributed by atoms with Crippen LogP contribution in [0.4, 0.5) is 0 Å². The average Bonchev–Trinajstić information content (AvgIpc) is 2.81. The van der Waals surface area contributed by atoms with Gasteiger partial charge in [-0.1, -0.05) is 84.0 Å². The minimum Gasteiger partial charge on any atom is -0.455 e. The molecule has 4 aromatic carbocycles. The third kappa shape index (κ3) is 3.98. The van der Waals surface area contributed by atoms with Gasteiger partial charge in [0, 0.05) is 17.0 Å². The van der Waals surface area contributed by atoms with E-state index < -0.39 is 0 Å². The van der Waals surface area contributed by atoms with Gasteiger partial charge in [0.2, 0.25) is 5.69 Å². The SMILES string of the molecule is Cc1c2c(c(CC(C)(C)C)c3ccccc13)Oc1cc3ccc(CC(C)(C)C)cc3c3cc[n+](C)c-2c13. The average molecular weight is 489 g/mol. The van der Waals surface area contributed by atoms with Crippen molar-refractivity contribution in [2.24, 2.45) is 17.9 Å². The van der Waals surface area contributed by atoms with Gasteiger partial charge in [-0.15, -0.1) is 0 Å². The van der Waals surface area contributed by atoms with Gasteiger partial charge in [0.15, 0.2) is 6.20 Å². The summed E-state index contributed by atoms with van der Waals surface area (Å²) < 4.78 is 9.27. The van der Waals surface area contributed by atoms with Crippen molar-refractivity contribution in [2.45, 2.75) is 61.3 Å². The molecule has 0 atom stereocenters. The molecule has 1 aromatic heterocycles. The third-order valence-corrected chi connectivity index (χ3v) is 7.69. The molecule has 0 fully saturated rings. The molecule has 2 heteroatoms. The van der Waals surface area contributed by atoms with Crippen molar-refractivity contribution in [2.75, 3.05) is 0 Å². The van der Waals surface area contributed by atoms with Crippen molar-refractivity contribution in [3.05, 3.63) is 77.5 Å². The first kappa shape index (κ1) is 24.0. The van der Waals surface area contributed by atoms with Crippen molar-refractivity contribution in [3.8, 4) is 22.8 Å². The number of ether oxygens (including phenoxy) is 1. The van der Waals surface area contributed by atoms with E-state index in [9.17, 15) is 0 Å². The van der Waals surface area contributed by atoms with Crippen LogP contribution in [0, 0.1) is 17.8 Å². The van der Waals surface area contributed by atoms with E-state index in [-0.39, 0.29) is 10.8 Å². The quantitative estimate of drug-likeness (QED) is 0.175. The van der Waals surface area contributed by atoms with Gasteiger partial charge in [0.05, 0.1) is 10.9 Å². The molecular formula is C35H38NO+. The van der Waals surface area contributed by atoms with Gasteiger partial charge in [-0.25, -0.2) is 4.57 Å². The number of aryl methyl sites for hydroxylation is 2. The predicted octanol–water partition coefficient (Wildman–Crippen LogP) is 9.23. The molecule has 5 aromatic rings. The molecule has 188 valence electrons. The van der Waals surface area contributed by atoms with Crippen molar-refractivity contribution >= 4 is 32.3 Å². The van der Waals surface area contributed by atoms with Crippen LogP contribution in [-0.2, 0) is 19.9 Å². The van der Waals surface area contributed by atoms with Crippen LogP contribution in [0.5, 0.6) is 11.5 Å². The molecule has 0 aliphatic carbocycles. The van der Waals surface area contributed by atoms with Crippen LogP contribution < -0.4 is 9.30 Å². The lowest BCUT2D eigenvalue weighted by Crippen LogP contribution is -2.32. The standard InChI is InChI=1S/C35H38NO/c1-21-24-11-9-10-12-25(24)28(20-35(5,6)7)33-30(21)32-31-26(15-16-36(32)8)27-17-22(19-34(2,3)4)13-14-23(27)18-29(31)37-33/h9-18H,19-20H2,1-8H3/q+1. The molecule has 1 aliphatic heterocycles. The molecule has 2 heterocycles. The highest BCUT2D eigenvalue weighted by Crippen LogP contribution is 2.52. The number of benzene rings is 4. The van der Waals surface area contributed by atoms with Gasteiger partial charge in [-0.2, -0.15) is 0 Å². The third-order valence-electron chi connectivity index (χ3n) is 7.69. The maximum absolute atomic E-state index is 6.98. The first-order valence-corrected chi connectivity index (χ1v) is 13.5. The number of hydrogen-bond acceptors (Lipinski definition) is 1. The van der Waals surface area contributed by atoms with Gasteiger partial charge in [-0.3, -0.25) is 0 Å². The molecule has 0 bridgehead atoms. The summed E-state index contributed by atoms with van der Waals surface area (Å²) >= 11 is 0. The molecule has 2 nitrogen and oxygen atoms in total. The van der Waals surface area contributed by atoms with E-state index >= 15 is 0 Å². The van der Waals surface area contributed by atoms with Crippen molar-refractivity contribution < 1.29 is 9.30 Å². The summed E-state index contributed by atoms with van der Waals surface area (Å²) in [6.45, 7) is 16.1. The lowest BCUT2D eigenvalue weighted by molar-refractivity contribution is -0.659. The van der Waals surface area contributed by atoms with Crippen LogP contribution in [0.3, 0.4) is 0 Å². The fourth-order valence-corrected chi connectivity index (χ4v) is 6.27. The Labute approximate surface area is 220 Å². The van der Waals surface area contributed by atoms with E-state index in [1.807, 2.05) is 0 Å². The Kier molecular flexibility index (Phi) is 5.22. The largest absolute Gasteiger partial charge is 0.455 e. The van der Waals surface area contributed by atoms with Crippen LogP contribution >= 0.6 is 0 Å². The number of pyridine rings is 1. The van der Waals surface area contributed by atoms with Crippen LogP contribution in [0.25, 0.3) is 43.6 Å². The number of fused-ring (bicyclic) bond motifs is 5. The van der Waals surface area contributed by atoms with E-state index in [0.717, 1.165) is 24.3 Å². The summed E-state index contributed by atoms with van der Waals surface area (Å²) in [5, 5.41) is 7.66. The molecule has 1 aliphatic rings. The fraction of sp³-hybridized carbons (Fsp3) is 0.343. The number of aromatic nitrogens is 1. The number of hydrogen-bond donors (Lipinski definition) is 0. The molecule has 0 unspecified atom stereocenters. The van der Waals surface area contributed by atoms with Crippen molar-refractivity contribution in [1.29, 1.82) is 0 Å². The summed E-state index contributed by atoms with van der Waals surface area (Å²) in [6, 6.07) is 20.3. The highest BCUT2D eigenvalue weighted by Gasteiger charge is 2.34. The molecule has 0 N–H and O–H groups in total. The van der Waals surface area contributed by atoms with Crippen molar-refractivity contribution in [1.82, 2.24) is 0 Å². The zero-order chi connectivity index (χ0) is 26.3. The summed E-state index contributed by atoms with van der Waals surface area (Å²) in [6.07, 6.45) is 4.24. The van der Waals surface area contributed by atoms with Gasteiger partial charge in [0.25, 0.3) is 0 Å². The van der Waals surface area contributed by atoms with Crippen LogP contribution in [0.15, 0.2) is 60.8 Å². The minimum absolute atomic E-state index is 0.135. The van der Waals surface area contributed by atoms with E-state index in [1.165, 1.54) is 60.3 Å². The lowest BCUT2D eigenvalue weighted by Gasteiger charge is -2.28. The molecule has 0 amide bonds. The van der Waals surface area contributed by atoms with Crippen LogP contribution in [-0.4, -0.2) is 0 Å². The van der Waals surface area contributed by atoms with E-state index in [2.05, 4.69) is 121 Å². The van der Waals surface area contributed by atoms with E-state index in [1.54, 1.807) is 0 Å². The Morgan fingerprint density at radius 3 is 2.16 bits per heavy atom. The predicted molar refractivity (Wildman–Crippen MR) is 157 cm³/mol. The maximum Gasteiger partial charge on any atom is 0.228 e. The Hall–Kier alpha value is -3.39. The Morgan fingerprint density at radius 1 is 0.757 bits per heavy atom. The lowest BCUT2D eigenvalue weighted by atomic mass is 9.81. The molecular weight excluding hydrogens is 450 g/mol. The molecule has 6 rings (SSSR count). The zero-order valence-corrected chi connectivity index (χ0v) is 23.5. The first-order valence-electron chi connectivity index (χ1n) is 13.5. The first-order chi connectivity index (χ1) is 17.4. The molecule has 0 saturated heterocycles. The highest BCUT2D eigenvalue weighted by molar-refractivity contribution is 6.16. The Morgan fingerprint density at radius 2 is 1.46 bits per heavy atom. The summed E-state index contributed by atoms with van der Waals surface area (Å²) in [7, 11) is 2.17. The molecule has 0 saturated carbocycles.